The Morgan fingerprint density at radius 3 is 2.60 bits per heavy atom. The Balaban J connectivity index is 1.70. The first kappa shape index (κ1) is 21.9. The van der Waals surface area contributed by atoms with Gasteiger partial charge in [0.15, 0.2) is 0 Å². The molecule has 0 aliphatic carbocycles. The van der Waals surface area contributed by atoms with Crippen LogP contribution in [0.15, 0.2) is 16.7 Å². The van der Waals surface area contributed by atoms with Gasteiger partial charge in [0.1, 0.15) is 17.4 Å². The van der Waals surface area contributed by atoms with Crippen LogP contribution in [0.3, 0.4) is 0 Å². The molecular weight excluding hydrogens is 394 g/mol. The second kappa shape index (κ2) is 8.91. The van der Waals surface area contributed by atoms with Gasteiger partial charge >= 0.3 is 0 Å². The number of likely N-dealkylation sites (N-methyl/N-ethyl adjacent to an activating group) is 1. The molecule has 1 fully saturated rings. The molecule has 1 atom stereocenters. The topological polar surface area (TPSA) is 78.7 Å². The minimum atomic E-state index is -0.945. The summed E-state index contributed by atoms with van der Waals surface area (Å²) in [5.74, 6) is -2.21. The number of benzene rings is 1. The zero-order valence-electron chi connectivity index (χ0n) is 17.6. The standard InChI is InChI=1S/C21H26F2N4O3/c1-12-15(13(2)30-25-12)5-6-20(28)24-19-9-16(17(22)10-18(19)23)21(29)27-8-7-14(11-27)26(3)4/h9-10,14H,5-8,11H2,1-4H3,(H,24,28). The number of amides is 2. The lowest BCUT2D eigenvalue weighted by molar-refractivity contribution is -0.116. The lowest BCUT2D eigenvalue weighted by atomic mass is 10.1. The number of carbonyl (C=O) groups excluding carboxylic acids is 2. The first-order valence-electron chi connectivity index (χ1n) is 9.83. The molecular formula is C21H26F2N4O3. The van der Waals surface area contributed by atoms with Gasteiger partial charge in [-0.05, 0) is 46.9 Å². The number of carbonyl (C=O) groups is 2. The molecule has 1 aliphatic rings. The summed E-state index contributed by atoms with van der Waals surface area (Å²) in [6.45, 7) is 4.50. The molecule has 1 N–H and O–H groups in total. The molecule has 1 unspecified atom stereocenters. The van der Waals surface area contributed by atoms with Crippen molar-refractivity contribution < 1.29 is 22.9 Å². The molecule has 1 aliphatic heterocycles. The van der Waals surface area contributed by atoms with Crippen LogP contribution in [0.1, 0.15) is 40.2 Å². The van der Waals surface area contributed by atoms with E-state index < -0.39 is 23.4 Å². The van der Waals surface area contributed by atoms with E-state index in [-0.39, 0.29) is 23.7 Å². The van der Waals surface area contributed by atoms with Gasteiger partial charge in [-0.2, -0.15) is 0 Å². The predicted molar refractivity (Wildman–Crippen MR) is 107 cm³/mol. The van der Waals surface area contributed by atoms with E-state index >= 15 is 0 Å². The molecule has 0 bridgehead atoms. The quantitative estimate of drug-likeness (QED) is 0.778. The molecule has 0 radical (unpaired) electrons. The highest BCUT2D eigenvalue weighted by Crippen LogP contribution is 2.24. The first-order chi connectivity index (χ1) is 14.2. The minimum absolute atomic E-state index is 0.0691. The normalized spacial score (nSPS) is 16.4. The van der Waals surface area contributed by atoms with E-state index in [4.69, 9.17) is 4.52 Å². The van der Waals surface area contributed by atoms with Crippen molar-refractivity contribution in [2.75, 3.05) is 32.5 Å². The Labute approximate surface area is 174 Å². The molecule has 9 heteroatoms. The van der Waals surface area contributed by atoms with Crippen molar-refractivity contribution >= 4 is 17.5 Å². The SMILES string of the molecule is Cc1noc(C)c1CCC(=O)Nc1cc(C(=O)N2CCC(N(C)C)C2)c(F)cc1F. The lowest BCUT2D eigenvalue weighted by Crippen LogP contribution is -2.35. The number of anilines is 1. The number of halogens is 2. The molecule has 0 saturated carbocycles. The van der Waals surface area contributed by atoms with Gasteiger partial charge in [-0.1, -0.05) is 5.16 Å². The summed E-state index contributed by atoms with van der Waals surface area (Å²) in [5.41, 5.74) is 1.05. The van der Waals surface area contributed by atoms with Crippen molar-refractivity contribution in [3.05, 3.63) is 46.3 Å². The van der Waals surface area contributed by atoms with Gasteiger partial charge in [-0.15, -0.1) is 0 Å². The van der Waals surface area contributed by atoms with Crippen LogP contribution in [0, 0.1) is 25.5 Å². The molecule has 30 heavy (non-hydrogen) atoms. The largest absolute Gasteiger partial charge is 0.361 e. The van der Waals surface area contributed by atoms with Gasteiger partial charge in [-0.25, -0.2) is 8.78 Å². The molecule has 0 spiro atoms. The summed E-state index contributed by atoms with van der Waals surface area (Å²) >= 11 is 0. The van der Waals surface area contributed by atoms with Crippen LogP contribution in [-0.4, -0.2) is 60.0 Å². The van der Waals surface area contributed by atoms with E-state index in [2.05, 4.69) is 10.5 Å². The molecule has 1 saturated heterocycles. The van der Waals surface area contributed by atoms with Crippen LogP contribution < -0.4 is 5.32 Å². The highest BCUT2D eigenvalue weighted by molar-refractivity contribution is 5.97. The van der Waals surface area contributed by atoms with Gasteiger partial charge in [0.25, 0.3) is 5.91 Å². The van der Waals surface area contributed by atoms with E-state index in [9.17, 15) is 18.4 Å². The Morgan fingerprint density at radius 1 is 1.27 bits per heavy atom. The highest BCUT2D eigenvalue weighted by Gasteiger charge is 2.30. The fourth-order valence-corrected chi connectivity index (χ4v) is 3.64. The summed E-state index contributed by atoms with van der Waals surface area (Å²) < 4.78 is 33.6. The summed E-state index contributed by atoms with van der Waals surface area (Å²) in [5, 5.41) is 6.27. The Hall–Kier alpha value is -2.81. The van der Waals surface area contributed by atoms with Crippen molar-refractivity contribution in [2.24, 2.45) is 0 Å². The van der Waals surface area contributed by atoms with Crippen LogP contribution in [0.5, 0.6) is 0 Å². The monoisotopic (exact) mass is 420 g/mol. The number of aromatic nitrogens is 1. The fraction of sp³-hybridized carbons (Fsp3) is 0.476. The van der Waals surface area contributed by atoms with E-state index in [0.29, 0.717) is 37.0 Å². The van der Waals surface area contributed by atoms with Crippen molar-refractivity contribution in [1.82, 2.24) is 15.0 Å². The summed E-state index contributed by atoms with van der Waals surface area (Å²) in [6, 6.07) is 1.90. The number of hydrogen-bond donors (Lipinski definition) is 1. The molecule has 3 rings (SSSR count). The van der Waals surface area contributed by atoms with Crippen LogP contribution in [0.4, 0.5) is 14.5 Å². The van der Waals surface area contributed by atoms with Gasteiger partial charge in [-0.3, -0.25) is 9.59 Å². The molecule has 162 valence electrons. The number of aryl methyl sites for hydroxylation is 2. The minimum Gasteiger partial charge on any atom is -0.361 e. The molecule has 1 aromatic heterocycles. The summed E-state index contributed by atoms with van der Waals surface area (Å²) in [4.78, 5) is 28.6. The van der Waals surface area contributed by atoms with Crippen LogP contribution in [0.2, 0.25) is 0 Å². The molecule has 2 heterocycles. The number of hydrogen-bond acceptors (Lipinski definition) is 5. The maximum Gasteiger partial charge on any atom is 0.256 e. The summed E-state index contributed by atoms with van der Waals surface area (Å²) in [7, 11) is 3.85. The predicted octanol–water partition coefficient (Wildman–Crippen LogP) is 2.92. The first-order valence-corrected chi connectivity index (χ1v) is 9.83. The second-order valence-corrected chi connectivity index (χ2v) is 7.82. The molecule has 7 nitrogen and oxygen atoms in total. The molecule has 1 aromatic carbocycles. The average Bonchev–Trinajstić information content (AvgIpc) is 3.29. The molecule has 2 aromatic rings. The third-order valence-corrected chi connectivity index (χ3v) is 5.53. The van der Waals surface area contributed by atoms with Gasteiger partial charge in [0, 0.05) is 37.2 Å². The summed E-state index contributed by atoms with van der Waals surface area (Å²) in [6.07, 6.45) is 1.23. The number of nitrogens with one attached hydrogen (secondary N) is 1. The number of nitrogens with zero attached hydrogens (tertiary/aromatic N) is 3. The fourth-order valence-electron chi connectivity index (χ4n) is 3.64. The highest BCUT2D eigenvalue weighted by atomic mass is 19.1. The third-order valence-electron chi connectivity index (χ3n) is 5.53. The zero-order chi connectivity index (χ0) is 22.0. The third kappa shape index (κ3) is 4.67. The maximum absolute atomic E-state index is 14.3. The van der Waals surface area contributed by atoms with Gasteiger partial charge in [0.05, 0.1) is 16.9 Å². The van der Waals surface area contributed by atoms with E-state index in [1.165, 1.54) is 0 Å². The van der Waals surface area contributed by atoms with Crippen LogP contribution >= 0.6 is 0 Å². The van der Waals surface area contributed by atoms with E-state index in [0.717, 1.165) is 18.1 Å². The van der Waals surface area contributed by atoms with Gasteiger partial charge < -0.3 is 19.6 Å². The van der Waals surface area contributed by atoms with Gasteiger partial charge in [0.2, 0.25) is 5.91 Å². The van der Waals surface area contributed by atoms with Crippen molar-refractivity contribution in [1.29, 1.82) is 0 Å². The van der Waals surface area contributed by atoms with E-state index in [1.54, 1.807) is 18.7 Å². The maximum atomic E-state index is 14.3. The zero-order valence-corrected chi connectivity index (χ0v) is 17.6. The number of rotatable bonds is 6. The van der Waals surface area contributed by atoms with Crippen molar-refractivity contribution in [3.8, 4) is 0 Å². The smallest absolute Gasteiger partial charge is 0.256 e. The second-order valence-electron chi connectivity index (χ2n) is 7.82. The van der Waals surface area contributed by atoms with Crippen LogP contribution in [0.25, 0.3) is 0 Å². The number of likely N-dealkylation sites (tertiary alicyclic amines) is 1. The lowest BCUT2D eigenvalue weighted by Gasteiger charge is -2.21. The van der Waals surface area contributed by atoms with Crippen molar-refractivity contribution in [3.63, 3.8) is 0 Å². The average molecular weight is 420 g/mol. The molecule has 2 amide bonds. The van der Waals surface area contributed by atoms with Crippen molar-refractivity contribution in [2.45, 2.75) is 39.2 Å². The Bertz CT molecular complexity index is 938. The Kier molecular flexibility index (Phi) is 6.50. The Morgan fingerprint density at radius 2 is 2.00 bits per heavy atom. The van der Waals surface area contributed by atoms with Crippen LogP contribution in [-0.2, 0) is 11.2 Å². The van der Waals surface area contributed by atoms with E-state index in [1.807, 2.05) is 19.0 Å².